The molecule has 1 rings (SSSR count). The summed E-state index contributed by atoms with van der Waals surface area (Å²) >= 11 is 6.07. The second kappa shape index (κ2) is 5.52. The first-order valence-electron chi connectivity index (χ1n) is 5.49. The number of methoxy groups -OCH3 is 1. The maximum atomic E-state index is 11.9. The van der Waals surface area contributed by atoms with Crippen LogP contribution < -0.4 is 5.32 Å². The highest BCUT2D eigenvalue weighted by molar-refractivity contribution is 6.31. The molecule has 0 radical (unpaired) electrons. The standard InChI is InChI=1S/C13H18ClNO2/c1-9(10-7-5-6-8-11(10)14)15-12(16)13(2,3)17-4/h5-9H,1-4H3,(H,15,16)/t9-/m1/s1. The van der Waals surface area contributed by atoms with Crippen LogP contribution in [0.3, 0.4) is 0 Å². The molecule has 1 aromatic carbocycles. The molecule has 1 N–H and O–H groups in total. The molecule has 1 aromatic rings. The van der Waals surface area contributed by atoms with Gasteiger partial charge in [-0.05, 0) is 32.4 Å². The van der Waals surface area contributed by atoms with Crippen molar-refractivity contribution >= 4 is 17.5 Å². The summed E-state index contributed by atoms with van der Waals surface area (Å²) in [5, 5.41) is 3.53. The SMILES string of the molecule is COC(C)(C)C(=O)N[C@H](C)c1ccccc1Cl. The first-order valence-corrected chi connectivity index (χ1v) is 5.87. The van der Waals surface area contributed by atoms with Crippen molar-refractivity contribution in [1.82, 2.24) is 5.32 Å². The fourth-order valence-corrected chi connectivity index (χ4v) is 1.67. The fourth-order valence-electron chi connectivity index (χ4n) is 1.37. The van der Waals surface area contributed by atoms with Gasteiger partial charge in [0.1, 0.15) is 5.60 Å². The summed E-state index contributed by atoms with van der Waals surface area (Å²) in [6, 6.07) is 7.31. The maximum absolute atomic E-state index is 11.9. The molecule has 0 aliphatic carbocycles. The normalized spacial score (nSPS) is 13.2. The van der Waals surface area contributed by atoms with E-state index in [0.29, 0.717) is 5.02 Å². The van der Waals surface area contributed by atoms with Gasteiger partial charge in [0.15, 0.2) is 0 Å². The van der Waals surface area contributed by atoms with Gasteiger partial charge in [0.25, 0.3) is 5.91 Å². The van der Waals surface area contributed by atoms with Gasteiger partial charge in [-0.1, -0.05) is 29.8 Å². The number of hydrogen-bond donors (Lipinski definition) is 1. The molecule has 0 spiro atoms. The molecule has 0 fully saturated rings. The Balaban J connectivity index is 2.77. The predicted octanol–water partition coefficient (Wildman–Crippen LogP) is 2.94. The Hall–Kier alpha value is -1.06. The summed E-state index contributed by atoms with van der Waals surface area (Å²) in [5.74, 6) is -0.160. The van der Waals surface area contributed by atoms with Crippen molar-refractivity contribution in [3.63, 3.8) is 0 Å². The van der Waals surface area contributed by atoms with E-state index in [-0.39, 0.29) is 11.9 Å². The highest BCUT2D eigenvalue weighted by Gasteiger charge is 2.28. The predicted molar refractivity (Wildman–Crippen MR) is 69.1 cm³/mol. The number of amides is 1. The number of rotatable bonds is 4. The Morgan fingerprint density at radius 2 is 2.00 bits per heavy atom. The zero-order valence-electron chi connectivity index (χ0n) is 10.6. The Kier molecular flexibility index (Phi) is 4.54. The zero-order valence-corrected chi connectivity index (χ0v) is 11.3. The van der Waals surface area contributed by atoms with Crippen LogP contribution in [0.4, 0.5) is 0 Å². The summed E-state index contributed by atoms with van der Waals surface area (Å²) in [6.45, 7) is 5.34. The van der Waals surface area contributed by atoms with Gasteiger partial charge < -0.3 is 10.1 Å². The molecule has 3 nitrogen and oxygen atoms in total. The van der Waals surface area contributed by atoms with Crippen LogP contribution in [0, 0.1) is 0 Å². The van der Waals surface area contributed by atoms with E-state index in [1.54, 1.807) is 19.9 Å². The molecule has 94 valence electrons. The van der Waals surface area contributed by atoms with Crippen molar-refractivity contribution in [2.24, 2.45) is 0 Å². The zero-order chi connectivity index (χ0) is 13.1. The van der Waals surface area contributed by atoms with Crippen LogP contribution in [0.25, 0.3) is 0 Å². The van der Waals surface area contributed by atoms with Gasteiger partial charge in [-0.15, -0.1) is 0 Å². The summed E-state index contributed by atoms with van der Waals surface area (Å²) in [5.41, 5.74) is 0.0598. The van der Waals surface area contributed by atoms with Crippen LogP contribution in [0.15, 0.2) is 24.3 Å². The van der Waals surface area contributed by atoms with Gasteiger partial charge in [-0.25, -0.2) is 0 Å². The minimum Gasteiger partial charge on any atom is -0.369 e. The van der Waals surface area contributed by atoms with E-state index in [2.05, 4.69) is 5.32 Å². The summed E-state index contributed by atoms with van der Waals surface area (Å²) in [6.07, 6.45) is 0. The molecule has 0 saturated heterocycles. The third kappa shape index (κ3) is 3.45. The molecule has 1 atom stereocenters. The lowest BCUT2D eigenvalue weighted by Crippen LogP contribution is -2.44. The Morgan fingerprint density at radius 3 is 2.53 bits per heavy atom. The van der Waals surface area contributed by atoms with Gasteiger partial charge in [0.2, 0.25) is 0 Å². The largest absolute Gasteiger partial charge is 0.369 e. The molecule has 4 heteroatoms. The number of hydrogen-bond acceptors (Lipinski definition) is 2. The van der Waals surface area contributed by atoms with Crippen molar-refractivity contribution in [2.75, 3.05) is 7.11 Å². The molecule has 0 aliphatic rings. The molecule has 0 saturated carbocycles. The van der Waals surface area contributed by atoms with E-state index >= 15 is 0 Å². The summed E-state index contributed by atoms with van der Waals surface area (Å²) in [7, 11) is 1.51. The summed E-state index contributed by atoms with van der Waals surface area (Å²) in [4.78, 5) is 11.9. The van der Waals surface area contributed by atoms with Crippen LogP contribution >= 0.6 is 11.6 Å². The molecule has 0 aromatic heterocycles. The van der Waals surface area contributed by atoms with Crippen LogP contribution in [0.5, 0.6) is 0 Å². The number of carbonyl (C=O) groups is 1. The average molecular weight is 256 g/mol. The Bertz CT molecular complexity index is 404. The molecule has 0 aliphatic heterocycles. The van der Waals surface area contributed by atoms with E-state index in [9.17, 15) is 4.79 Å². The highest BCUT2D eigenvalue weighted by Crippen LogP contribution is 2.22. The lowest BCUT2D eigenvalue weighted by atomic mass is 10.1. The van der Waals surface area contributed by atoms with E-state index in [0.717, 1.165) is 5.56 Å². The van der Waals surface area contributed by atoms with Gasteiger partial charge in [0, 0.05) is 12.1 Å². The van der Waals surface area contributed by atoms with Crippen molar-refractivity contribution in [3.8, 4) is 0 Å². The smallest absolute Gasteiger partial charge is 0.252 e. The Labute approximate surface area is 107 Å². The number of carbonyl (C=O) groups excluding carboxylic acids is 1. The molecule has 0 bridgehead atoms. The van der Waals surface area contributed by atoms with Crippen LogP contribution in [-0.2, 0) is 9.53 Å². The number of benzene rings is 1. The topological polar surface area (TPSA) is 38.3 Å². The molecular weight excluding hydrogens is 238 g/mol. The number of nitrogens with one attached hydrogen (secondary N) is 1. The fraction of sp³-hybridized carbons (Fsp3) is 0.462. The first kappa shape index (κ1) is 14.0. The molecular formula is C13H18ClNO2. The number of halogens is 1. The van der Waals surface area contributed by atoms with Crippen LogP contribution in [0.1, 0.15) is 32.4 Å². The van der Waals surface area contributed by atoms with Gasteiger partial charge in [-0.2, -0.15) is 0 Å². The average Bonchev–Trinajstić information content (AvgIpc) is 2.29. The minimum absolute atomic E-state index is 0.148. The minimum atomic E-state index is -0.838. The van der Waals surface area contributed by atoms with Crippen LogP contribution in [-0.4, -0.2) is 18.6 Å². The molecule has 17 heavy (non-hydrogen) atoms. The van der Waals surface area contributed by atoms with Crippen molar-refractivity contribution in [1.29, 1.82) is 0 Å². The highest BCUT2D eigenvalue weighted by atomic mass is 35.5. The van der Waals surface area contributed by atoms with Gasteiger partial charge in [0.05, 0.1) is 6.04 Å². The third-order valence-corrected chi connectivity index (χ3v) is 3.12. The monoisotopic (exact) mass is 255 g/mol. The van der Waals surface area contributed by atoms with Crippen molar-refractivity contribution in [3.05, 3.63) is 34.9 Å². The van der Waals surface area contributed by atoms with Gasteiger partial charge >= 0.3 is 0 Å². The number of ether oxygens (including phenoxy) is 1. The second-order valence-corrected chi connectivity index (χ2v) is 4.84. The molecule has 1 amide bonds. The molecule has 0 heterocycles. The maximum Gasteiger partial charge on any atom is 0.252 e. The van der Waals surface area contributed by atoms with E-state index in [1.807, 2.05) is 25.1 Å². The lowest BCUT2D eigenvalue weighted by Gasteiger charge is -2.25. The first-order chi connectivity index (χ1) is 7.88. The Morgan fingerprint density at radius 1 is 1.41 bits per heavy atom. The van der Waals surface area contributed by atoms with Crippen molar-refractivity contribution in [2.45, 2.75) is 32.4 Å². The van der Waals surface area contributed by atoms with Crippen molar-refractivity contribution < 1.29 is 9.53 Å². The van der Waals surface area contributed by atoms with E-state index in [4.69, 9.17) is 16.3 Å². The third-order valence-electron chi connectivity index (χ3n) is 2.78. The molecule has 0 unspecified atom stereocenters. The van der Waals surface area contributed by atoms with Crippen LogP contribution in [0.2, 0.25) is 5.02 Å². The van der Waals surface area contributed by atoms with E-state index < -0.39 is 5.60 Å². The quantitative estimate of drug-likeness (QED) is 0.898. The van der Waals surface area contributed by atoms with Gasteiger partial charge in [-0.3, -0.25) is 4.79 Å². The van der Waals surface area contributed by atoms with E-state index in [1.165, 1.54) is 7.11 Å². The second-order valence-electron chi connectivity index (χ2n) is 4.43. The summed E-state index contributed by atoms with van der Waals surface area (Å²) < 4.78 is 5.12. The lowest BCUT2D eigenvalue weighted by molar-refractivity contribution is -0.140.